The van der Waals surface area contributed by atoms with Gasteiger partial charge >= 0.3 is 5.97 Å². The van der Waals surface area contributed by atoms with E-state index >= 15 is 0 Å². The Morgan fingerprint density at radius 1 is 1.75 bits per heavy atom. The lowest BCUT2D eigenvalue weighted by Crippen LogP contribution is -1.98. The molecule has 0 atom stereocenters. The molecule has 0 saturated heterocycles. The van der Waals surface area contributed by atoms with Crippen LogP contribution in [0.1, 0.15) is 10.6 Å². The Morgan fingerprint density at radius 3 is 2.75 bits per heavy atom. The molecule has 0 unspecified atom stereocenters. The van der Waals surface area contributed by atoms with Gasteiger partial charge in [-0.05, 0) is 10.4 Å². The summed E-state index contributed by atoms with van der Waals surface area (Å²) in [5.74, 6) is -1.40. The summed E-state index contributed by atoms with van der Waals surface area (Å²) >= 11 is 0. The first-order valence-corrected chi connectivity index (χ1v) is 1.77. The maximum Gasteiger partial charge on any atom is 0.375 e. The molecule has 42 valence electrons. The Morgan fingerprint density at radius 2 is 2.50 bits per heavy atom. The molecule has 0 fully saturated rings. The number of tetrazole rings is 1. The lowest BCUT2D eigenvalue weighted by molar-refractivity contribution is 0.0683. The highest BCUT2D eigenvalue weighted by molar-refractivity contribution is 5.82. The maximum absolute atomic E-state index is 9.89. The van der Waals surface area contributed by atoms with E-state index in [9.17, 15) is 4.79 Å². The number of hydrogen-bond donors (Lipinski definition) is 2. The van der Waals surface area contributed by atoms with E-state index in [0.29, 0.717) is 0 Å². The first kappa shape index (κ1) is 4.69. The maximum atomic E-state index is 9.89. The quantitative estimate of drug-likeness (QED) is 0.483. The van der Waals surface area contributed by atoms with Crippen molar-refractivity contribution >= 4 is 5.97 Å². The van der Waals surface area contributed by atoms with E-state index in [-0.39, 0.29) is 5.82 Å². The standard InChI is InChI=1S/C2H2N4O2/c7-2(8)1-3-5-6-4-1/h(H,7,8)(H,3,4,5,6). The highest BCUT2D eigenvalue weighted by atomic mass is 16.4. The predicted molar refractivity (Wildman–Crippen MR) is 21.1 cm³/mol. The number of nitrogens with one attached hydrogen (secondary N) is 1. The van der Waals surface area contributed by atoms with Crippen LogP contribution >= 0.6 is 0 Å². The topological polar surface area (TPSA) is 91.8 Å². The molecule has 1 rings (SSSR count). The number of aromatic carboxylic acids is 1. The Balaban J connectivity index is 2.93. The summed E-state index contributed by atoms with van der Waals surface area (Å²) in [5.41, 5.74) is 0. The Labute approximate surface area is 43.5 Å². The van der Waals surface area contributed by atoms with Crippen LogP contribution in [0.3, 0.4) is 0 Å². The fourth-order valence-electron chi connectivity index (χ4n) is 0.250. The average molecular weight is 114 g/mol. The second-order valence-electron chi connectivity index (χ2n) is 1.06. The number of carbonyl (C=O) groups is 1. The number of H-pyrrole nitrogens is 1. The number of nitrogens with zero attached hydrogens (tertiary/aromatic N) is 3. The van der Waals surface area contributed by atoms with Crippen LogP contribution in [0.25, 0.3) is 0 Å². The minimum Gasteiger partial charge on any atom is -0.475 e. The number of rotatable bonds is 1. The van der Waals surface area contributed by atoms with Crippen LogP contribution in [0.4, 0.5) is 0 Å². The van der Waals surface area contributed by atoms with E-state index in [1.165, 1.54) is 0 Å². The van der Waals surface area contributed by atoms with E-state index in [2.05, 4.69) is 20.6 Å². The highest BCUT2D eigenvalue weighted by Gasteiger charge is 2.03. The van der Waals surface area contributed by atoms with Crippen molar-refractivity contribution in [1.29, 1.82) is 0 Å². The van der Waals surface area contributed by atoms with Crippen molar-refractivity contribution in [1.82, 2.24) is 20.6 Å². The van der Waals surface area contributed by atoms with Crippen LogP contribution in [0, 0.1) is 0 Å². The summed E-state index contributed by atoms with van der Waals surface area (Å²) in [7, 11) is 0. The summed E-state index contributed by atoms with van der Waals surface area (Å²) in [4.78, 5) is 9.89. The zero-order valence-electron chi connectivity index (χ0n) is 3.70. The Bertz CT molecular complexity index is 180. The van der Waals surface area contributed by atoms with E-state index in [1.54, 1.807) is 0 Å². The average Bonchev–Trinajstić information content (AvgIpc) is 2.12. The fourth-order valence-corrected chi connectivity index (χ4v) is 0.250. The van der Waals surface area contributed by atoms with E-state index < -0.39 is 5.97 Å². The molecule has 1 heterocycles. The molecule has 0 bridgehead atoms. The second-order valence-corrected chi connectivity index (χ2v) is 1.06. The van der Waals surface area contributed by atoms with Gasteiger partial charge in [-0.25, -0.2) is 9.89 Å². The molecular weight excluding hydrogens is 112 g/mol. The third-order valence-corrected chi connectivity index (χ3v) is 0.548. The molecule has 0 saturated carbocycles. The molecule has 0 radical (unpaired) electrons. The van der Waals surface area contributed by atoms with E-state index in [0.717, 1.165) is 0 Å². The lowest BCUT2D eigenvalue weighted by Gasteiger charge is -1.75. The molecule has 6 nitrogen and oxygen atoms in total. The van der Waals surface area contributed by atoms with Gasteiger partial charge in [-0.3, -0.25) is 0 Å². The molecule has 1 aromatic heterocycles. The normalized spacial score (nSPS) is 9.00. The summed E-state index contributed by atoms with van der Waals surface area (Å²) < 4.78 is 0. The first-order chi connectivity index (χ1) is 3.80. The summed E-state index contributed by atoms with van der Waals surface area (Å²) in [6, 6.07) is 0. The number of carboxylic acids is 1. The molecule has 0 spiro atoms. The molecule has 6 heteroatoms. The van der Waals surface area contributed by atoms with Crippen molar-refractivity contribution in [2.75, 3.05) is 0 Å². The van der Waals surface area contributed by atoms with Crippen LogP contribution < -0.4 is 0 Å². The summed E-state index contributed by atoms with van der Waals surface area (Å²) in [5, 5.41) is 19.3. The Kier molecular flexibility index (Phi) is 0.918. The summed E-state index contributed by atoms with van der Waals surface area (Å²) in [6.45, 7) is 0. The van der Waals surface area contributed by atoms with Crippen molar-refractivity contribution in [2.24, 2.45) is 0 Å². The van der Waals surface area contributed by atoms with Gasteiger partial charge in [0.2, 0.25) is 0 Å². The monoisotopic (exact) mass is 114 g/mol. The van der Waals surface area contributed by atoms with Gasteiger partial charge in [-0.2, -0.15) is 0 Å². The number of hydrogen-bond acceptors (Lipinski definition) is 4. The van der Waals surface area contributed by atoms with Crippen molar-refractivity contribution in [3.05, 3.63) is 5.82 Å². The molecule has 2 N–H and O–H groups in total. The molecule has 0 aliphatic carbocycles. The van der Waals surface area contributed by atoms with Crippen LogP contribution in [0.5, 0.6) is 0 Å². The smallest absolute Gasteiger partial charge is 0.375 e. The molecule has 0 aliphatic heterocycles. The van der Waals surface area contributed by atoms with E-state index in [1.807, 2.05) is 0 Å². The van der Waals surface area contributed by atoms with E-state index in [4.69, 9.17) is 5.11 Å². The van der Waals surface area contributed by atoms with Gasteiger partial charge < -0.3 is 5.11 Å². The minimum atomic E-state index is -1.16. The van der Waals surface area contributed by atoms with Gasteiger partial charge in [0, 0.05) is 0 Å². The van der Waals surface area contributed by atoms with Crippen LogP contribution in [-0.2, 0) is 0 Å². The van der Waals surface area contributed by atoms with Gasteiger partial charge in [0.05, 0.1) is 0 Å². The third kappa shape index (κ3) is 0.625. The molecule has 1 aromatic rings. The van der Waals surface area contributed by atoms with Crippen LogP contribution in [-0.4, -0.2) is 31.7 Å². The summed E-state index contributed by atoms with van der Waals surface area (Å²) in [6.07, 6.45) is 0. The SMILES string of the molecule is O=C(O)c1nnn[nH]1. The third-order valence-electron chi connectivity index (χ3n) is 0.548. The highest BCUT2D eigenvalue weighted by Crippen LogP contribution is 1.78. The van der Waals surface area contributed by atoms with Gasteiger partial charge in [-0.1, -0.05) is 0 Å². The first-order valence-electron chi connectivity index (χ1n) is 1.77. The predicted octanol–water partition coefficient (Wildman–Crippen LogP) is -1.10. The minimum absolute atomic E-state index is 0.245. The largest absolute Gasteiger partial charge is 0.475 e. The number of aromatic amines is 1. The van der Waals surface area contributed by atoms with Crippen molar-refractivity contribution in [3.8, 4) is 0 Å². The second kappa shape index (κ2) is 1.57. The van der Waals surface area contributed by atoms with Crippen molar-refractivity contribution in [2.45, 2.75) is 0 Å². The van der Waals surface area contributed by atoms with Crippen LogP contribution in [0.2, 0.25) is 0 Å². The van der Waals surface area contributed by atoms with Crippen molar-refractivity contribution in [3.63, 3.8) is 0 Å². The molecule has 0 aliphatic rings. The molecule has 8 heavy (non-hydrogen) atoms. The van der Waals surface area contributed by atoms with Crippen molar-refractivity contribution < 1.29 is 9.90 Å². The van der Waals surface area contributed by atoms with Gasteiger partial charge in [0.15, 0.2) is 0 Å². The van der Waals surface area contributed by atoms with Gasteiger partial charge in [0.1, 0.15) is 0 Å². The zero-order valence-corrected chi connectivity index (χ0v) is 3.70. The fraction of sp³-hybridized carbons (Fsp3) is 0. The van der Waals surface area contributed by atoms with Gasteiger partial charge in [-0.15, -0.1) is 5.10 Å². The zero-order chi connectivity index (χ0) is 5.98. The Hall–Kier alpha value is -1.46. The van der Waals surface area contributed by atoms with Gasteiger partial charge in [0.25, 0.3) is 5.82 Å². The molecule has 0 amide bonds. The molecular formula is C2H2N4O2. The number of aromatic nitrogens is 4. The molecule has 0 aromatic carbocycles. The number of carboxylic acid groups (broad SMARTS) is 1. The lowest BCUT2D eigenvalue weighted by atomic mass is 10.7. The van der Waals surface area contributed by atoms with Crippen LogP contribution in [0.15, 0.2) is 0 Å².